The molecular weight excluding hydrogens is 424 g/mol. The van der Waals surface area contributed by atoms with Crippen molar-refractivity contribution in [3.63, 3.8) is 0 Å². The number of aryl methyl sites for hydroxylation is 1. The number of aromatic nitrogens is 2. The summed E-state index contributed by atoms with van der Waals surface area (Å²) < 4.78 is 18.2. The quantitative estimate of drug-likeness (QED) is 0.468. The molecule has 2 aromatic heterocycles. The van der Waals surface area contributed by atoms with E-state index in [4.69, 9.17) is 13.9 Å². The van der Waals surface area contributed by atoms with Gasteiger partial charge in [-0.15, -0.1) is 0 Å². The molecule has 33 heavy (non-hydrogen) atoms. The molecule has 0 fully saturated rings. The minimum Gasteiger partial charge on any atom is -0.486 e. The van der Waals surface area contributed by atoms with Crippen LogP contribution in [0.25, 0.3) is 17.1 Å². The molecule has 0 saturated heterocycles. The summed E-state index contributed by atoms with van der Waals surface area (Å²) >= 11 is 0. The highest BCUT2D eigenvalue weighted by atomic mass is 16.6. The Morgan fingerprint density at radius 1 is 0.909 bits per heavy atom. The van der Waals surface area contributed by atoms with E-state index in [0.29, 0.717) is 47.5 Å². The van der Waals surface area contributed by atoms with Crippen LogP contribution in [0.2, 0.25) is 0 Å². The van der Waals surface area contributed by atoms with Gasteiger partial charge in [0.15, 0.2) is 17.3 Å². The molecule has 9 heteroatoms. The van der Waals surface area contributed by atoms with Crippen LogP contribution in [-0.2, 0) is 0 Å². The van der Waals surface area contributed by atoms with Gasteiger partial charge in [0, 0.05) is 11.8 Å². The summed E-state index contributed by atoms with van der Waals surface area (Å²) in [5.41, 5.74) is 6.59. The van der Waals surface area contributed by atoms with E-state index in [2.05, 4.69) is 16.0 Å². The first-order valence-corrected chi connectivity index (χ1v) is 10.3. The highest BCUT2D eigenvalue weighted by Gasteiger charge is 2.22. The van der Waals surface area contributed by atoms with Crippen molar-refractivity contribution in [3.8, 4) is 28.6 Å². The maximum atomic E-state index is 13.0. The minimum absolute atomic E-state index is 0.246. The lowest BCUT2D eigenvalue weighted by molar-refractivity contribution is 0.0846. The summed E-state index contributed by atoms with van der Waals surface area (Å²) in [6.07, 6.45) is 1.59. The maximum Gasteiger partial charge on any atom is 0.273 e. The molecule has 0 unspecified atom stereocenters. The fourth-order valence-corrected chi connectivity index (χ4v) is 3.43. The summed E-state index contributed by atoms with van der Waals surface area (Å²) in [6.45, 7) is 2.68. The number of carbonyl (C=O) groups is 2. The van der Waals surface area contributed by atoms with Crippen LogP contribution in [0.1, 0.15) is 26.5 Å². The molecule has 2 N–H and O–H groups in total. The SMILES string of the molecule is Cc1ccc(-c2nn(-c3ccccc3)cc2C(=O)NNC(=O)c2ccc3c(c2)OCCO3)o1. The van der Waals surface area contributed by atoms with Crippen molar-refractivity contribution in [2.75, 3.05) is 13.2 Å². The molecule has 4 aromatic rings. The summed E-state index contributed by atoms with van der Waals surface area (Å²) in [5.74, 6) is 1.18. The summed E-state index contributed by atoms with van der Waals surface area (Å²) in [6, 6.07) is 17.8. The molecule has 1 aliphatic rings. The number of ether oxygens (including phenoxy) is 2. The summed E-state index contributed by atoms with van der Waals surface area (Å²) in [4.78, 5) is 25.6. The molecule has 0 bridgehead atoms. The van der Waals surface area contributed by atoms with E-state index in [1.807, 2.05) is 37.3 Å². The number of hydrazine groups is 1. The van der Waals surface area contributed by atoms with Crippen molar-refractivity contribution in [1.82, 2.24) is 20.6 Å². The molecule has 3 heterocycles. The number of nitrogens with one attached hydrogen (secondary N) is 2. The highest BCUT2D eigenvalue weighted by Crippen LogP contribution is 2.30. The normalized spacial score (nSPS) is 12.3. The smallest absolute Gasteiger partial charge is 0.273 e. The van der Waals surface area contributed by atoms with Crippen LogP contribution in [0.5, 0.6) is 11.5 Å². The van der Waals surface area contributed by atoms with Crippen molar-refractivity contribution in [3.05, 3.63) is 83.7 Å². The second kappa shape index (κ2) is 8.54. The van der Waals surface area contributed by atoms with Gasteiger partial charge in [-0.25, -0.2) is 4.68 Å². The summed E-state index contributed by atoms with van der Waals surface area (Å²) in [7, 11) is 0. The number of nitrogens with zero attached hydrogens (tertiary/aromatic N) is 2. The third-order valence-electron chi connectivity index (χ3n) is 5.05. The molecule has 0 spiro atoms. The Morgan fingerprint density at radius 3 is 2.42 bits per heavy atom. The first-order valence-electron chi connectivity index (χ1n) is 10.3. The Morgan fingerprint density at radius 2 is 1.67 bits per heavy atom. The zero-order valence-corrected chi connectivity index (χ0v) is 17.7. The molecule has 0 aliphatic carbocycles. The van der Waals surface area contributed by atoms with Crippen LogP contribution < -0.4 is 20.3 Å². The number of para-hydroxylation sites is 1. The van der Waals surface area contributed by atoms with E-state index in [1.165, 1.54) is 0 Å². The lowest BCUT2D eigenvalue weighted by atomic mass is 10.2. The van der Waals surface area contributed by atoms with Gasteiger partial charge >= 0.3 is 0 Å². The predicted molar refractivity (Wildman–Crippen MR) is 118 cm³/mol. The van der Waals surface area contributed by atoms with Crippen LogP contribution in [-0.4, -0.2) is 34.8 Å². The second-order valence-electron chi connectivity index (χ2n) is 7.35. The molecular formula is C24H20N4O5. The molecule has 9 nitrogen and oxygen atoms in total. The Labute approximate surface area is 188 Å². The van der Waals surface area contributed by atoms with Gasteiger partial charge in [-0.05, 0) is 49.4 Å². The van der Waals surface area contributed by atoms with E-state index in [-0.39, 0.29) is 5.56 Å². The fourth-order valence-electron chi connectivity index (χ4n) is 3.43. The van der Waals surface area contributed by atoms with Crippen LogP contribution in [0.4, 0.5) is 0 Å². The maximum absolute atomic E-state index is 13.0. The lowest BCUT2D eigenvalue weighted by Crippen LogP contribution is -2.41. The van der Waals surface area contributed by atoms with Gasteiger partial charge in [0.05, 0.1) is 11.3 Å². The van der Waals surface area contributed by atoms with Crippen molar-refractivity contribution in [2.45, 2.75) is 6.92 Å². The minimum atomic E-state index is -0.535. The Hall–Kier alpha value is -4.53. The zero-order chi connectivity index (χ0) is 22.8. The van der Waals surface area contributed by atoms with Crippen LogP contribution in [0.15, 0.2) is 71.3 Å². The lowest BCUT2D eigenvalue weighted by Gasteiger charge is -2.18. The number of hydrogen-bond donors (Lipinski definition) is 2. The van der Waals surface area contributed by atoms with Crippen molar-refractivity contribution >= 4 is 11.8 Å². The fraction of sp³-hybridized carbons (Fsp3) is 0.125. The molecule has 2 amide bonds. The number of benzene rings is 2. The average Bonchev–Trinajstić information content (AvgIpc) is 3.49. The number of amides is 2. The van der Waals surface area contributed by atoms with Gasteiger partial charge in [-0.3, -0.25) is 20.4 Å². The van der Waals surface area contributed by atoms with Gasteiger partial charge in [0.2, 0.25) is 0 Å². The standard InChI is InChI=1S/C24H20N4O5/c1-15-7-9-20(33-15)22-18(14-28(27-22)17-5-3-2-4-6-17)24(30)26-25-23(29)16-8-10-19-21(13-16)32-12-11-31-19/h2-10,13-14H,11-12H2,1H3,(H,25,29)(H,26,30). The number of fused-ring (bicyclic) bond motifs is 1. The predicted octanol–water partition coefficient (Wildman–Crippen LogP) is 3.29. The van der Waals surface area contributed by atoms with E-state index in [9.17, 15) is 9.59 Å². The molecule has 0 radical (unpaired) electrons. The van der Waals surface area contributed by atoms with Crippen LogP contribution in [0.3, 0.4) is 0 Å². The zero-order valence-electron chi connectivity index (χ0n) is 17.7. The second-order valence-corrected chi connectivity index (χ2v) is 7.35. The van der Waals surface area contributed by atoms with Gasteiger partial charge in [0.25, 0.3) is 11.8 Å². The monoisotopic (exact) mass is 444 g/mol. The average molecular weight is 444 g/mol. The van der Waals surface area contributed by atoms with E-state index in [1.54, 1.807) is 41.2 Å². The number of rotatable bonds is 4. The topological polar surface area (TPSA) is 108 Å². The molecule has 0 saturated carbocycles. The largest absolute Gasteiger partial charge is 0.486 e. The first-order chi connectivity index (χ1) is 16.1. The van der Waals surface area contributed by atoms with Crippen molar-refractivity contribution in [1.29, 1.82) is 0 Å². The van der Waals surface area contributed by atoms with Gasteiger partial charge < -0.3 is 13.9 Å². The molecule has 166 valence electrons. The third kappa shape index (κ3) is 4.16. The van der Waals surface area contributed by atoms with Crippen LogP contribution >= 0.6 is 0 Å². The van der Waals surface area contributed by atoms with Crippen molar-refractivity contribution < 1.29 is 23.5 Å². The third-order valence-corrected chi connectivity index (χ3v) is 5.05. The molecule has 0 atom stereocenters. The Balaban J connectivity index is 1.37. The number of carbonyl (C=O) groups excluding carboxylic acids is 2. The van der Waals surface area contributed by atoms with E-state index >= 15 is 0 Å². The van der Waals surface area contributed by atoms with Crippen LogP contribution in [0, 0.1) is 6.92 Å². The Bertz CT molecular complexity index is 1330. The van der Waals surface area contributed by atoms with E-state index in [0.717, 1.165) is 5.69 Å². The highest BCUT2D eigenvalue weighted by molar-refractivity contribution is 6.02. The van der Waals surface area contributed by atoms with Gasteiger partial charge in [-0.2, -0.15) is 5.10 Å². The van der Waals surface area contributed by atoms with Crippen molar-refractivity contribution in [2.24, 2.45) is 0 Å². The van der Waals surface area contributed by atoms with Gasteiger partial charge in [0.1, 0.15) is 24.7 Å². The van der Waals surface area contributed by atoms with Gasteiger partial charge in [-0.1, -0.05) is 18.2 Å². The molecule has 5 rings (SSSR count). The summed E-state index contributed by atoms with van der Waals surface area (Å²) in [5, 5.41) is 4.54. The first kappa shape index (κ1) is 20.4. The molecule has 2 aromatic carbocycles. The number of hydrogen-bond acceptors (Lipinski definition) is 6. The van der Waals surface area contributed by atoms with E-state index < -0.39 is 11.8 Å². The number of furan rings is 1. The Kier molecular flexibility index (Phi) is 5.27. The molecule has 1 aliphatic heterocycles.